The molecule has 3 aromatic rings. The SMILES string of the molecule is CC#CCN1C(=O)N[C@@](CCCc2ccccc2)(C2CCN(Cc3cc4ccccc4[nH]3)CC2)C1=O. The van der Waals surface area contributed by atoms with Crippen LogP contribution >= 0.6 is 0 Å². The van der Waals surface area contributed by atoms with Crippen LogP contribution < -0.4 is 5.32 Å². The molecular formula is C30H34N4O2. The maximum Gasteiger partial charge on any atom is 0.325 e. The van der Waals surface area contributed by atoms with Crippen molar-refractivity contribution in [2.75, 3.05) is 19.6 Å². The quantitative estimate of drug-likeness (QED) is 0.361. The van der Waals surface area contributed by atoms with Crippen LogP contribution in [0.3, 0.4) is 0 Å². The molecule has 6 nitrogen and oxygen atoms in total. The van der Waals surface area contributed by atoms with Crippen molar-refractivity contribution in [3.8, 4) is 11.8 Å². The number of carbonyl (C=O) groups excluding carboxylic acids is 2. The van der Waals surface area contributed by atoms with Crippen molar-refractivity contribution >= 4 is 22.8 Å². The highest BCUT2D eigenvalue weighted by molar-refractivity contribution is 6.07. The van der Waals surface area contributed by atoms with Gasteiger partial charge in [-0.25, -0.2) is 4.79 Å². The molecule has 1 aromatic heterocycles. The fourth-order valence-corrected chi connectivity index (χ4v) is 5.86. The number of amides is 3. The van der Waals surface area contributed by atoms with Crippen molar-refractivity contribution in [3.05, 3.63) is 71.9 Å². The molecule has 2 aliphatic rings. The fourth-order valence-electron chi connectivity index (χ4n) is 5.86. The van der Waals surface area contributed by atoms with Crippen molar-refractivity contribution in [2.24, 2.45) is 5.92 Å². The fraction of sp³-hybridized carbons (Fsp3) is 0.400. The second-order valence-corrected chi connectivity index (χ2v) is 9.99. The number of hydrogen-bond acceptors (Lipinski definition) is 3. The standard InChI is InChI=1S/C30H34N4O2/c1-2-3-18-34-28(35)30(32-29(34)36,17-9-12-23-10-5-4-6-11-23)25-15-19-33(20-16-25)22-26-21-24-13-7-8-14-27(24)31-26/h4-8,10-11,13-14,21,25,31H,9,12,15-20,22H2,1H3,(H,32,36)/t30-/m0/s1. The largest absolute Gasteiger partial charge is 0.357 e. The van der Waals surface area contributed by atoms with Gasteiger partial charge in [-0.15, -0.1) is 5.92 Å². The zero-order chi connectivity index (χ0) is 25.0. The average Bonchev–Trinajstić information content (AvgIpc) is 3.41. The molecule has 2 saturated heterocycles. The third-order valence-corrected chi connectivity index (χ3v) is 7.76. The van der Waals surface area contributed by atoms with E-state index >= 15 is 0 Å². The number of likely N-dealkylation sites (tertiary alicyclic amines) is 1. The lowest BCUT2D eigenvalue weighted by Crippen LogP contribution is -2.56. The number of nitrogens with one attached hydrogen (secondary N) is 2. The Morgan fingerprint density at radius 3 is 2.53 bits per heavy atom. The Kier molecular flexibility index (Phi) is 7.11. The van der Waals surface area contributed by atoms with Gasteiger partial charge in [-0.2, -0.15) is 0 Å². The summed E-state index contributed by atoms with van der Waals surface area (Å²) < 4.78 is 0. The molecule has 0 saturated carbocycles. The van der Waals surface area contributed by atoms with Gasteiger partial charge in [-0.1, -0.05) is 54.5 Å². The Bertz CT molecular complexity index is 1250. The molecule has 0 radical (unpaired) electrons. The van der Waals surface area contributed by atoms with Crippen molar-refractivity contribution in [1.29, 1.82) is 0 Å². The normalized spacial score (nSPS) is 21.0. The Labute approximate surface area is 213 Å². The Morgan fingerprint density at radius 2 is 1.78 bits per heavy atom. The number of aromatic nitrogens is 1. The Morgan fingerprint density at radius 1 is 1.03 bits per heavy atom. The monoisotopic (exact) mass is 482 g/mol. The molecule has 0 spiro atoms. The molecule has 2 fully saturated rings. The number of H-pyrrole nitrogens is 1. The summed E-state index contributed by atoms with van der Waals surface area (Å²) in [6.45, 7) is 4.55. The summed E-state index contributed by atoms with van der Waals surface area (Å²) in [5.74, 6) is 5.73. The Hall–Kier alpha value is -3.56. The molecule has 6 heteroatoms. The van der Waals surface area contributed by atoms with Gasteiger partial charge in [0.15, 0.2) is 0 Å². The summed E-state index contributed by atoms with van der Waals surface area (Å²) in [4.78, 5) is 33.9. The van der Waals surface area contributed by atoms with E-state index in [9.17, 15) is 9.59 Å². The first-order valence-corrected chi connectivity index (χ1v) is 13.0. The highest BCUT2D eigenvalue weighted by Gasteiger charge is 2.55. The van der Waals surface area contributed by atoms with Crippen LogP contribution in [0.4, 0.5) is 4.79 Å². The number of benzene rings is 2. The van der Waals surface area contributed by atoms with Crippen LogP contribution in [-0.4, -0.2) is 51.9 Å². The smallest absolute Gasteiger partial charge is 0.325 e. The molecule has 2 N–H and O–H groups in total. The number of hydrogen-bond donors (Lipinski definition) is 2. The number of aromatic amines is 1. The van der Waals surface area contributed by atoms with Crippen molar-refractivity contribution in [2.45, 2.75) is 51.1 Å². The van der Waals surface area contributed by atoms with Gasteiger partial charge in [0.1, 0.15) is 5.54 Å². The van der Waals surface area contributed by atoms with Crippen LogP contribution in [0.25, 0.3) is 10.9 Å². The number of piperidine rings is 1. The highest BCUT2D eigenvalue weighted by atomic mass is 16.2. The lowest BCUT2D eigenvalue weighted by molar-refractivity contribution is -0.134. The zero-order valence-electron chi connectivity index (χ0n) is 20.9. The number of carbonyl (C=O) groups is 2. The number of nitrogens with zero attached hydrogens (tertiary/aromatic N) is 2. The minimum Gasteiger partial charge on any atom is -0.357 e. The van der Waals surface area contributed by atoms with E-state index in [1.807, 2.05) is 24.3 Å². The lowest BCUT2D eigenvalue weighted by atomic mass is 9.74. The first kappa shape index (κ1) is 24.1. The topological polar surface area (TPSA) is 68.4 Å². The minimum absolute atomic E-state index is 0.0996. The highest BCUT2D eigenvalue weighted by Crippen LogP contribution is 2.37. The molecule has 186 valence electrons. The number of rotatable bonds is 8. The summed E-state index contributed by atoms with van der Waals surface area (Å²) >= 11 is 0. The number of aryl methyl sites for hydroxylation is 1. The number of fused-ring (bicyclic) bond motifs is 1. The van der Waals surface area contributed by atoms with Gasteiger partial charge in [0.05, 0.1) is 6.54 Å². The van der Waals surface area contributed by atoms with E-state index in [4.69, 9.17) is 0 Å². The predicted octanol–water partition coefficient (Wildman–Crippen LogP) is 4.72. The van der Waals surface area contributed by atoms with Crippen LogP contribution in [0, 0.1) is 17.8 Å². The van der Waals surface area contributed by atoms with Crippen LogP contribution in [0.2, 0.25) is 0 Å². The van der Waals surface area contributed by atoms with E-state index in [0.717, 1.165) is 50.8 Å². The van der Waals surface area contributed by atoms with Crippen LogP contribution in [-0.2, 0) is 17.8 Å². The summed E-state index contributed by atoms with van der Waals surface area (Å²) in [5.41, 5.74) is 2.79. The van der Waals surface area contributed by atoms with E-state index in [1.54, 1.807) is 6.92 Å². The van der Waals surface area contributed by atoms with Gasteiger partial charge >= 0.3 is 6.03 Å². The summed E-state index contributed by atoms with van der Waals surface area (Å²) in [5, 5.41) is 4.39. The summed E-state index contributed by atoms with van der Waals surface area (Å²) in [7, 11) is 0. The van der Waals surface area contributed by atoms with E-state index in [1.165, 1.54) is 21.5 Å². The molecule has 0 aliphatic carbocycles. The third kappa shape index (κ3) is 4.89. The molecule has 0 unspecified atom stereocenters. The second-order valence-electron chi connectivity index (χ2n) is 9.99. The van der Waals surface area contributed by atoms with Crippen molar-refractivity contribution in [1.82, 2.24) is 20.1 Å². The Balaban J connectivity index is 1.28. The summed E-state index contributed by atoms with van der Waals surface area (Å²) in [6, 6.07) is 20.6. The maximum atomic E-state index is 13.7. The van der Waals surface area contributed by atoms with E-state index in [2.05, 4.69) is 63.4 Å². The van der Waals surface area contributed by atoms with Gasteiger partial charge in [0.25, 0.3) is 5.91 Å². The molecule has 5 rings (SSSR count). The molecular weight excluding hydrogens is 448 g/mol. The van der Waals surface area contributed by atoms with Gasteiger partial charge < -0.3 is 10.3 Å². The lowest BCUT2D eigenvalue weighted by Gasteiger charge is -2.41. The molecule has 2 aromatic carbocycles. The predicted molar refractivity (Wildman–Crippen MR) is 142 cm³/mol. The van der Waals surface area contributed by atoms with Gasteiger partial charge in [0.2, 0.25) is 0 Å². The number of urea groups is 1. The first-order valence-electron chi connectivity index (χ1n) is 13.0. The first-order chi connectivity index (χ1) is 17.6. The summed E-state index contributed by atoms with van der Waals surface area (Å²) in [6.07, 6.45) is 4.14. The molecule has 3 heterocycles. The second kappa shape index (κ2) is 10.6. The van der Waals surface area contributed by atoms with Gasteiger partial charge in [0, 0.05) is 17.8 Å². The van der Waals surface area contributed by atoms with E-state index in [-0.39, 0.29) is 24.4 Å². The maximum absolute atomic E-state index is 13.7. The molecule has 0 bridgehead atoms. The third-order valence-electron chi connectivity index (χ3n) is 7.76. The molecule has 36 heavy (non-hydrogen) atoms. The average molecular weight is 483 g/mol. The van der Waals surface area contributed by atoms with Crippen molar-refractivity contribution < 1.29 is 9.59 Å². The molecule has 3 amide bonds. The number of para-hydroxylation sites is 1. The molecule has 1 atom stereocenters. The van der Waals surface area contributed by atoms with E-state index < -0.39 is 5.54 Å². The minimum atomic E-state index is -0.839. The van der Waals surface area contributed by atoms with Crippen LogP contribution in [0.15, 0.2) is 60.7 Å². The van der Waals surface area contributed by atoms with Crippen LogP contribution in [0.1, 0.15) is 43.9 Å². The van der Waals surface area contributed by atoms with Crippen LogP contribution in [0.5, 0.6) is 0 Å². The van der Waals surface area contributed by atoms with E-state index in [0.29, 0.717) is 6.42 Å². The van der Waals surface area contributed by atoms with Gasteiger partial charge in [-0.05, 0) is 81.1 Å². The van der Waals surface area contributed by atoms with Crippen molar-refractivity contribution in [3.63, 3.8) is 0 Å². The van der Waals surface area contributed by atoms with Gasteiger partial charge in [-0.3, -0.25) is 14.6 Å². The number of imide groups is 1. The zero-order valence-corrected chi connectivity index (χ0v) is 20.9. The molecule has 2 aliphatic heterocycles.